The SMILES string of the molecule is C(CN1CCC2(CC1)OCc1ccccc12)=C1CCCc2c1cnn2-c1ccccc1.O=C(O)C(=O)O. The van der Waals surface area contributed by atoms with Gasteiger partial charge in [0.1, 0.15) is 0 Å². The molecule has 1 spiro atoms. The minimum absolute atomic E-state index is 0.0466. The number of aromatic nitrogens is 2. The Morgan fingerprint density at radius 3 is 2.41 bits per heavy atom. The smallest absolute Gasteiger partial charge is 0.414 e. The van der Waals surface area contributed by atoms with Crippen molar-refractivity contribution < 1.29 is 24.5 Å². The summed E-state index contributed by atoms with van der Waals surface area (Å²) in [6, 6.07) is 19.3. The third kappa shape index (κ3) is 5.21. The molecule has 0 saturated carbocycles. The van der Waals surface area contributed by atoms with Crippen molar-refractivity contribution in [2.45, 2.75) is 44.3 Å². The highest BCUT2D eigenvalue weighted by atomic mass is 16.5. The zero-order valence-corrected chi connectivity index (χ0v) is 20.7. The van der Waals surface area contributed by atoms with E-state index in [1.54, 1.807) is 0 Å². The van der Waals surface area contributed by atoms with Crippen molar-refractivity contribution >= 4 is 17.5 Å². The molecule has 1 aromatic heterocycles. The second-order valence-electron chi connectivity index (χ2n) is 9.69. The van der Waals surface area contributed by atoms with Crippen LogP contribution in [0.3, 0.4) is 0 Å². The van der Waals surface area contributed by atoms with E-state index in [1.807, 2.05) is 0 Å². The molecular formula is C29H31N3O5. The molecule has 0 amide bonds. The Bertz CT molecular complexity index is 1290. The number of rotatable bonds is 3. The van der Waals surface area contributed by atoms with Crippen molar-refractivity contribution in [1.82, 2.24) is 14.7 Å². The van der Waals surface area contributed by atoms with Gasteiger partial charge in [-0.05, 0) is 60.9 Å². The highest BCUT2D eigenvalue weighted by molar-refractivity contribution is 6.27. The fourth-order valence-electron chi connectivity index (χ4n) is 5.60. The van der Waals surface area contributed by atoms with E-state index in [0.29, 0.717) is 0 Å². The molecule has 6 rings (SSSR count). The third-order valence-corrected chi connectivity index (χ3v) is 7.53. The quantitative estimate of drug-likeness (QED) is 0.517. The molecule has 3 aliphatic rings. The summed E-state index contributed by atoms with van der Waals surface area (Å²) >= 11 is 0. The van der Waals surface area contributed by atoms with Gasteiger partial charge in [-0.3, -0.25) is 4.90 Å². The number of likely N-dealkylation sites (tertiary alicyclic amines) is 1. The van der Waals surface area contributed by atoms with Crippen molar-refractivity contribution in [3.05, 3.63) is 89.3 Å². The van der Waals surface area contributed by atoms with Gasteiger partial charge in [0.15, 0.2) is 0 Å². The zero-order chi connectivity index (χ0) is 25.8. The van der Waals surface area contributed by atoms with Crippen molar-refractivity contribution in [2.75, 3.05) is 19.6 Å². The van der Waals surface area contributed by atoms with Crippen LogP contribution in [0.5, 0.6) is 0 Å². The van der Waals surface area contributed by atoms with Crippen LogP contribution >= 0.6 is 0 Å². The summed E-state index contributed by atoms with van der Waals surface area (Å²) < 4.78 is 8.46. The molecule has 1 aliphatic carbocycles. The van der Waals surface area contributed by atoms with Gasteiger partial charge in [-0.25, -0.2) is 14.3 Å². The lowest BCUT2D eigenvalue weighted by molar-refractivity contribution is -0.159. The standard InChI is InChI=1S/C27H29N3O.C2H2O4/c1-2-9-23(10-3-1)30-26-12-6-8-21(24(26)19-28-30)13-16-29-17-14-27(15-18-29)25-11-5-4-7-22(25)20-31-27;3-1(4)2(5)6/h1-5,7,9-11,13,19H,6,8,12,14-18,20H2;(H,3,4)(H,5,6). The predicted octanol–water partition coefficient (Wildman–Crippen LogP) is 4.27. The van der Waals surface area contributed by atoms with Crippen LogP contribution in [0, 0.1) is 0 Å². The molecule has 3 aromatic rings. The maximum atomic E-state index is 9.10. The van der Waals surface area contributed by atoms with Gasteiger partial charge >= 0.3 is 11.9 Å². The summed E-state index contributed by atoms with van der Waals surface area (Å²) in [5.41, 5.74) is 8.08. The van der Waals surface area contributed by atoms with E-state index >= 15 is 0 Å². The van der Waals surface area contributed by atoms with Crippen LogP contribution in [0.2, 0.25) is 0 Å². The van der Waals surface area contributed by atoms with E-state index < -0.39 is 11.9 Å². The first kappa shape index (κ1) is 24.9. The first-order valence-corrected chi connectivity index (χ1v) is 12.7. The Morgan fingerprint density at radius 1 is 0.973 bits per heavy atom. The number of fused-ring (bicyclic) bond motifs is 3. The molecule has 2 N–H and O–H groups in total. The van der Waals surface area contributed by atoms with Crippen LogP contribution in [0.4, 0.5) is 0 Å². The zero-order valence-electron chi connectivity index (χ0n) is 20.7. The topological polar surface area (TPSA) is 105 Å². The van der Waals surface area contributed by atoms with E-state index in [-0.39, 0.29) is 5.60 Å². The van der Waals surface area contributed by atoms with Crippen LogP contribution < -0.4 is 0 Å². The van der Waals surface area contributed by atoms with Gasteiger partial charge in [0.05, 0.1) is 29.8 Å². The number of benzene rings is 2. The van der Waals surface area contributed by atoms with Gasteiger partial charge in [-0.1, -0.05) is 48.5 Å². The summed E-state index contributed by atoms with van der Waals surface area (Å²) in [5, 5.41) is 19.5. The molecule has 0 atom stereocenters. The maximum Gasteiger partial charge on any atom is 0.414 e. The number of allylic oxidation sites excluding steroid dienone is 1. The molecule has 192 valence electrons. The summed E-state index contributed by atoms with van der Waals surface area (Å²) in [6.45, 7) is 3.97. The summed E-state index contributed by atoms with van der Waals surface area (Å²) in [6.07, 6.45) is 10.2. The van der Waals surface area contributed by atoms with E-state index in [1.165, 1.54) is 34.4 Å². The van der Waals surface area contributed by atoms with Crippen LogP contribution in [0.1, 0.15) is 48.1 Å². The maximum absolute atomic E-state index is 9.10. The van der Waals surface area contributed by atoms with E-state index in [0.717, 1.165) is 57.6 Å². The average Bonchev–Trinajstić information content (AvgIpc) is 3.52. The van der Waals surface area contributed by atoms with Gasteiger partial charge in [0.25, 0.3) is 0 Å². The number of piperidine rings is 1. The minimum Gasteiger partial charge on any atom is -0.473 e. The van der Waals surface area contributed by atoms with Crippen LogP contribution in [-0.4, -0.2) is 56.5 Å². The van der Waals surface area contributed by atoms with Crippen molar-refractivity contribution in [3.63, 3.8) is 0 Å². The number of carboxylic acid groups (broad SMARTS) is 2. The number of hydrogen-bond donors (Lipinski definition) is 2. The Hall–Kier alpha value is -3.75. The van der Waals surface area contributed by atoms with Crippen LogP contribution in [-0.2, 0) is 33.0 Å². The fraction of sp³-hybridized carbons (Fsp3) is 0.345. The van der Waals surface area contributed by atoms with E-state index in [4.69, 9.17) is 29.6 Å². The second kappa shape index (κ2) is 10.7. The predicted molar refractivity (Wildman–Crippen MR) is 138 cm³/mol. The lowest BCUT2D eigenvalue weighted by Gasteiger charge is -2.39. The number of carbonyl (C=O) groups is 2. The molecular weight excluding hydrogens is 470 g/mol. The average molecular weight is 502 g/mol. The number of hydrogen-bond acceptors (Lipinski definition) is 5. The Labute approximate surface area is 215 Å². The summed E-state index contributed by atoms with van der Waals surface area (Å²) in [5.74, 6) is -3.65. The van der Waals surface area contributed by atoms with Crippen LogP contribution in [0.25, 0.3) is 11.3 Å². The third-order valence-electron chi connectivity index (χ3n) is 7.53. The first-order chi connectivity index (χ1) is 18.0. The molecule has 8 heteroatoms. The number of nitrogens with zero attached hydrogens (tertiary/aromatic N) is 3. The van der Waals surface area contributed by atoms with E-state index in [2.05, 4.69) is 76.5 Å². The molecule has 8 nitrogen and oxygen atoms in total. The molecule has 2 aromatic carbocycles. The van der Waals surface area contributed by atoms with Gasteiger partial charge in [0.2, 0.25) is 0 Å². The number of carboxylic acids is 2. The molecule has 0 radical (unpaired) electrons. The molecule has 1 fully saturated rings. The number of ether oxygens (including phenoxy) is 1. The fourth-order valence-corrected chi connectivity index (χ4v) is 5.60. The van der Waals surface area contributed by atoms with Gasteiger partial charge < -0.3 is 14.9 Å². The Morgan fingerprint density at radius 2 is 1.68 bits per heavy atom. The molecule has 1 saturated heterocycles. The van der Waals surface area contributed by atoms with E-state index in [9.17, 15) is 0 Å². The van der Waals surface area contributed by atoms with Gasteiger partial charge in [0, 0.05) is 25.2 Å². The lowest BCUT2D eigenvalue weighted by atomic mass is 9.84. The highest BCUT2D eigenvalue weighted by Crippen LogP contribution is 2.44. The molecule has 3 heterocycles. The van der Waals surface area contributed by atoms with Crippen LogP contribution in [0.15, 0.2) is 66.9 Å². The Kier molecular flexibility index (Phi) is 7.21. The largest absolute Gasteiger partial charge is 0.473 e. The van der Waals surface area contributed by atoms with Gasteiger partial charge in [-0.2, -0.15) is 5.10 Å². The van der Waals surface area contributed by atoms with Crippen molar-refractivity contribution in [1.29, 1.82) is 0 Å². The second-order valence-corrected chi connectivity index (χ2v) is 9.69. The number of para-hydroxylation sites is 1. The van der Waals surface area contributed by atoms with Crippen molar-refractivity contribution in [2.24, 2.45) is 0 Å². The minimum atomic E-state index is -1.82. The lowest BCUT2D eigenvalue weighted by Crippen LogP contribution is -2.42. The summed E-state index contributed by atoms with van der Waals surface area (Å²) in [4.78, 5) is 20.8. The van der Waals surface area contributed by atoms with Gasteiger partial charge in [-0.15, -0.1) is 0 Å². The normalized spacial score (nSPS) is 19.1. The molecule has 37 heavy (non-hydrogen) atoms. The first-order valence-electron chi connectivity index (χ1n) is 12.7. The monoisotopic (exact) mass is 501 g/mol. The number of aliphatic carboxylic acids is 2. The molecule has 0 unspecified atom stereocenters. The molecule has 0 bridgehead atoms. The van der Waals surface area contributed by atoms with Crippen molar-refractivity contribution in [3.8, 4) is 5.69 Å². The summed E-state index contributed by atoms with van der Waals surface area (Å²) in [7, 11) is 0. The molecule has 2 aliphatic heterocycles. The highest BCUT2D eigenvalue weighted by Gasteiger charge is 2.42. The Balaban J connectivity index is 0.000000421.